The molecule has 0 unspecified atom stereocenters. The van der Waals surface area contributed by atoms with Crippen molar-refractivity contribution in [2.24, 2.45) is 11.8 Å². The number of rotatable bonds is 5. The molecule has 1 saturated carbocycles. The number of anilines is 1. The number of halogens is 1. The molecule has 2 aliphatic rings. The number of imide groups is 1. The van der Waals surface area contributed by atoms with Crippen molar-refractivity contribution in [1.82, 2.24) is 4.90 Å². The molecule has 1 N–H and O–H groups in total. The molecule has 0 radical (unpaired) electrons. The largest absolute Gasteiger partial charge is 0.278 e. The number of carbonyl (C=O) groups excluding carboxylic acids is 2. The summed E-state index contributed by atoms with van der Waals surface area (Å²) >= 11 is 0. The Morgan fingerprint density at radius 3 is 2.30 bits per heavy atom. The van der Waals surface area contributed by atoms with Crippen LogP contribution in [0.3, 0.4) is 0 Å². The zero-order valence-electron chi connectivity index (χ0n) is 16.6. The van der Waals surface area contributed by atoms with Crippen LogP contribution in [0.4, 0.5) is 10.1 Å². The molecular formula is C22H23FN2O4S. The average Bonchev–Trinajstić information content (AvgIpc) is 2.96. The Labute approximate surface area is 175 Å². The zero-order chi connectivity index (χ0) is 21.5. The summed E-state index contributed by atoms with van der Waals surface area (Å²) in [5.41, 5.74) is 0.876. The first-order valence-electron chi connectivity index (χ1n) is 10.00. The Morgan fingerprint density at radius 1 is 1.03 bits per heavy atom. The van der Waals surface area contributed by atoms with E-state index in [2.05, 4.69) is 4.72 Å². The number of aryl methyl sites for hydroxylation is 1. The number of nitrogens with zero attached hydrogens (tertiary/aromatic N) is 1. The maximum atomic E-state index is 13.9. The van der Waals surface area contributed by atoms with Crippen molar-refractivity contribution in [2.45, 2.75) is 44.0 Å². The Bertz CT molecular complexity index is 1090. The number of benzene rings is 2. The molecule has 2 amide bonds. The molecule has 0 aromatic heterocycles. The summed E-state index contributed by atoms with van der Waals surface area (Å²) in [5, 5.41) is 0. The van der Waals surface area contributed by atoms with Crippen LogP contribution >= 0.6 is 0 Å². The van der Waals surface area contributed by atoms with E-state index in [1.54, 1.807) is 19.1 Å². The van der Waals surface area contributed by atoms with Gasteiger partial charge in [0, 0.05) is 0 Å². The lowest BCUT2D eigenvalue weighted by Crippen LogP contribution is -2.30. The van der Waals surface area contributed by atoms with E-state index in [1.165, 1.54) is 35.2 Å². The van der Waals surface area contributed by atoms with Crippen molar-refractivity contribution < 1.29 is 22.4 Å². The van der Waals surface area contributed by atoms with Gasteiger partial charge in [-0.2, -0.15) is 0 Å². The maximum Gasteiger partial charge on any atom is 0.262 e. The van der Waals surface area contributed by atoms with Gasteiger partial charge in [0.25, 0.3) is 10.0 Å². The molecule has 0 bridgehead atoms. The second-order valence-electron chi connectivity index (χ2n) is 7.95. The highest BCUT2D eigenvalue weighted by Crippen LogP contribution is 2.38. The summed E-state index contributed by atoms with van der Waals surface area (Å²) < 4.78 is 41.9. The first kappa shape index (κ1) is 20.5. The van der Waals surface area contributed by atoms with E-state index in [0.29, 0.717) is 11.1 Å². The topological polar surface area (TPSA) is 83.6 Å². The maximum absolute atomic E-state index is 13.9. The highest BCUT2D eigenvalue weighted by atomic mass is 32.2. The van der Waals surface area contributed by atoms with Gasteiger partial charge in [-0.1, -0.05) is 37.1 Å². The molecule has 1 saturated heterocycles. The predicted octanol–water partition coefficient (Wildman–Crippen LogP) is 3.61. The minimum atomic E-state index is -4.05. The smallest absolute Gasteiger partial charge is 0.262 e. The van der Waals surface area contributed by atoms with Crippen LogP contribution in [0, 0.1) is 24.6 Å². The van der Waals surface area contributed by atoms with E-state index in [0.717, 1.165) is 25.7 Å². The normalized spacial score (nSPS) is 21.6. The fraction of sp³-hybridized carbons (Fsp3) is 0.364. The monoisotopic (exact) mass is 430 g/mol. The van der Waals surface area contributed by atoms with Gasteiger partial charge < -0.3 is 0 Å². The van der Waals surface area contributed by atoms with Crippen LogP contribution in [0.1, 0.15) is 36.8 Å². The highest BCUT2D eigenvalue weighted by Gasteiger charge is 2.47. The minimum Gasteiger partial charge on any atom is -0.278 e. The van der Waals surface area contributed by atoms with Gasteiger partial charge >= 0.3 is 0 Å². The Morgan fingerprint density at radius 2 is 1.67 bits per heavy atom. The lowest BCUT2D eigenvalue weighted by atomic mass is 9.81. The lowest BCUT2D eigenvalue weighted by Gasteiger charge is -2.19. The molecule has 2 fully saturated rings. The average molecular weight is 431 g/mol. The molecule has 1 aliphatic heterocycles. The third-order valence-electron chi connectivity index (χ3n) is 5.93. The van der Waals surface area contributed by atoms with Gasteiger partial charge in [-0.3, -0.25) is 19.2 Å². The van der Waals surface area contributed by atoms with Crippen molar-refractivity contribution in [3.05, 3.63) is 59.4 Å². The number of likely N-dealkylation sites (tertiary alicyclic amines) is 1. The van der Waals surface area contributed by atoms with E-state index in [4.69, 9.17) is 0 Å². The number of sulfonamides is 1. The molecule has 1 heterocycles. The van der Waals surface area contributed by atoms with Gasteiger partial charge in [0.15, 0.2) is 0 Å². The molecule has 2 aromatic rings. The van der Waals surface area contributed by atoms with E-state index in [9.17, 15) is 22.4 Å². The summed E-state index contributed by atoms with van der Waals surface area (Å²) in [6, 6.07) is 10.3. The number of hydrogen-bond donors (Lipinski definition) is 1. The van der Waals surface area contributed by atoms with Crippen molar-refractivity contribution in [2.75, 3.05) is 4.72 Å². The zero-order valence-corrected chi connectivity index (χ0v) is 17.4. The van der Waals surface area contributed by atoms with Crippen LogP contribution in [0.25, 0.3) is 0 Å². The van der Waals surface area contributed by atoms with Crippen molar-refractivity contribution in [3.8, 4) is 0 Å². The van der Waals surface area contributed by atoms with Gasteiger partial charge in [0.1, 0.15) is 5.82 Å². The van der Waals surface area contributed by atoms with E-state index in [-0.39, 0.29) is 40.8 Å². The van der Waals surface area contributed by atoms with Gasteiger partial charge in [-0.05, 0) is 49.1 Å². The standard InChI is InChI=1S/C22H23FN2O4S/c1-14-10-11-15(13-25-21(26)16-6-2-3-7-17(16)22(25)27)12-20(14)30(28,29)24-19-9-5-4-8-18(19)23/h4-5,8-12,16-17,24H,2-3,6-7,13H2,1H3/t16-,17+. The summed E-state index contributed by atoms with van der Waals surface area (Å²) in [6.07, 6.45) is 3.35. The van der Waals surface area contributed by atoms with Crippen LogP contribution in [-0.2, 0) is 26.2 Å². The number of fused-ring (bicyclic) bond motifs is 1. The van der Waals surface area contributed by atoms with Crippen molar-refractivity contribution in [3.63, 3.8) is 0 Å². The van der Waals surface area contributed by atoms with Gasteiger partial charge in [-0.15, -0.1) is 0 Å². The van der Waals surface area contributed by atoms with Crippen LogP contribution in [-0.4, -0.2) is 25.1 Å². The Kier molecular flexibility index (Phi) is 5.36. The summed E-state index contributed by atoms with van der Waals surface area (Å²) in [6.45, 7) is 1.67. The van der Waals surface area contributed by atoms with Gasteiger partial charge in [0.2, 0.25) is 11.8 Å². The van der Waals surface area contributed by atoms with Crippen molar-refractivity contribution >= 4 is 27.5 Å². The minimum absolute atomic E-state index is 0.0141. The summed E-state index contributed by atoms with van der Waals surface area (Å²) in [7, 11) is -4.05. The summed E-state index contributed by atoms with van der Waals surface area (Å²) in [4.78, 5) is 26.7. The highest BCUT2D eigenvalue weighted by molar-refractivity contribution is 7.92. The molecule has 4 rings (SSSR count). The van der Waals surface area contributed by atoms with E-state index in [1.807, 2.05) is 0 Å². The number of nitrogens with one attached hydrogen (secondary N) is 1. The molecule has 6 nitrogen and oxygen atoms in total. The van der Waals surface area contributed by atoms with Crippen LogP contribution in [0.15, 0.2) is 47.4 Å². The second kappa shape index (κ2) is 7.83. The molecule has 1 aliphatic carbocycles. The van der Waals surface area contributed by atoms with Gasteiger partial charge in [0.05, 0.1) is 29.0 Å². The number of amides is 2. The Balaban J connectivity index is 1.60. The van der Waals surface area contributed by atoms with E-state index >= 15 is 0 Å². The Hall–Kier alpha value is -2.74. The van der Waals surface area contributed by atoms with Crippen LogP contribution in [0.5, 0.6) is 0 Å². The first-order chi connectivity index (χ1) is 14.3. The molecule has 30 heavy (non-hydrogen) atoms. The third-order valence-corrected chi connectivity index (χ3v) is 7.44. The number of para-hydroxylation sites is 1. The fourth-order valence-electron chi connectivity index (χ4n) is 4.35. The fourth-order valence-corrected chi connectivity index (χ4v) is 5.71. The van der Waals surface area contributed by atoms with Crippen LogP contribution in [0.2, 0.25) is 0 Å². The van der Waals surface area contributed by atoms with Gasteiger partial charge in [-0.25, -0.2) is 12.8 Å². The molecule has 2 atom stereocenters. The number of carbonyl (C=O) groups is 2. The SMILES string of the molecule is Cc1ccc(CN2C(=O)[C@H]3CCCC[C@H]3C2=O)cc1S(=O)(=O)Nc1ccccc1F. The van der Waals surface area contributed by atoms with Crippen molar-refractivity contribution in [1.29, 1.82) is 0 Å². The molecule has 0 spiro atoms. The molecule has 2 aromatic carbocycles. The molecule has 158 valence electrons. The molecular weight excluding hydrogens is 407 g/mol. The lowest BCUT2D eigenvalue weighted by molar-refractivity contribution is -0.140. The van der Waals surface area contributed by atoms with E-state index < -0.39 is 15.8 Å². The third kappa shape index (κ3) is 3.71. The number of hydrogen-bond acceptors (Lipinski definition) is 4. The quantitative estimate of drug-likeness (QED) is 0.735. The predicted molar refractivity (Wildman–Crippen MR) is 109 cm³/mol. The molecule has 8 heteroatoms. The second-order valence-corrected chi connectivity index (χ2v) is 9.60. The summed E-state index contributed by atoms with van der Waals surface area (Å²) in [5.74, 6) is -1.51. The first-order valence-corrected chi connectivity index (χ1v) is 11.5. The van der Waals surface area contributed by atoms with Crippen LogP contribution < -0.4 is 4.72 Å².